The quantitative estimate of drug-likeness (QED) is 0.722. The van der Waals surface area contributed by atoms with E-state index in [9.17, 15) is 5.11 Å². The number of pyridine rings is 1. The van der Waals surface area contributed by atoms with E-state index in [1.165, 1.54) is 7.11 Å². The van der Waals surface area contributed by atoms with Crippen LogP contribution in [-0.4, -0.2) is 55.9 Å². The topological polar surface area (TPSA) is 82.4 Å². The summed E-state index contributed by atoms with van der Waals surface area (Å²) in [5.74, 6) is 2.06. The number of aliphatic hydroxyl groups is 1. The van der Waals surface area contributed by atoms with Gasteiger partial charge in [-0.15, -0.1) is 0 Å². The van der Waals surface area contributed by atoms with Crippen LogP contribution < -0.4 is 18.9 Å². The summed E-state index contributed by atoms with van der Waals surface area (Å²) in [5.41, 5.74) is 3.39. The van der Waals surface area contributed by atoms with E-state index in [1.54, 1.807) is 20.3 Å². The Kier molecular flexibility index (Phi) is 6.25. The number of aliphatic hydroxyl groups excluding tert-OH is 1. The zero-order chi connectivity index (χ0) is 22.1. The average molecular weight is 447 g/mol. The van der Waals surface area contributed by atoms with Crippen molar-refractivity contribution in [1.29, 1.82) is 0 Å². The van der Waals surface area contributed by atoms with Gasteiger partial charge in [-0.05, 0) is 43.9 Å². The highest BCUT2D eigenvalue weighted by atomic mass is 35.5. The van der Waals surface area contributed by atoms with Gasteiger partial charge in [0.2, 0.25) is 11.8 Å². The summed E-state index contributed by atoms with van der Waals surface area (Å²) in [4.78, 5) is 9.37. The van der Waals surface area contributed by atoms with Crippen molar-refractivity contribution >= 4 is 17.3 Å². The molecule has 7 nitrogen and oxygen atoms in total. The SMILES string of the molecule is CCOc1cc2c(cc1OC)C(c1cc(OC)nc(OC)c1Cl)=NC1CCC(O)CC21. The molecule has 1 aromatic carbocycles. The molecule has 2 aromatic rings. The number of hydrogen-bond acceptors (Lipinski definition) is 7. The minimum Gasteiger partial charge on any atom is -0.493 e. The lowest BCUT2D eigenvalue weighted by molar-refractivity contribution is 0.111. The molecule has 8 heteroatoms. The van der Waals surface area contributed by atoms with Gasteiger partial charge in [-0.3, -0.25) is 4.99 Å². The number of methoxy groups -OCH3 is 3. The van der Waals surface area contributed by atoms with Crippen LogP contribution in [0.1, 0.15) is 48.8 Å². The average Bonchev–Trinajstić information content (AvgIpc) is 2.78. The number of aromatic nitrogens is 1. The van der Waals surface area contributed by atoms with Gasteiger partial charge in [-0.1, -0.05) is 11.6 Å². The van der Waals surface area contributed by atoms with E-state index in [0.29, 0.717) is 41.0 Å². The molecule has 1 fully saturated rings. The highest BCUT2D eigenvalue weighted by Crippen LogP contribution is 2.46. The lowest BCUT2D eigenvalue weighted by atomic mass is 9.74. The van der Waals surface area contributed by atoms with Gasteiger partial charge < -0.3 is 24.1 Å². The molecule has 3 atom stereocenters. The normalized spacial score (nSPS) is 22.1. The molecule has 1 N–H and O–H groups in total. The summed E-state index contributed by atoms with van der Waals surface area (Å²) in [6, 6.07) is 5.77. The van der Waals surface area contributed by atoms with Crippen molar-refractivity contribution in [1.82, 2.24) is 4.98 Å². The third kappa shape index (κ3) is 3.92. The molecule has 4 rings (SSSR count). The standard InChI is InChI=1S/C23H27ClN2O5/c1-5-31-19-9-13-14-8-12(27)6-7-17(14)25-22(15(13)10-18(19)28-2)16-11-20(29-3)26-23(30-4)21(16)24/h9-12,14,17,27H,5-8H2,1-4H3. The minimum atomic E-state index is -0.340. The van der Waals surface area contributed by atoms with Crippen molar-refractivity contribution in [2.75, 3.05) is 27.9 Å². The maximum absolute atomic E-state index is 10.3. The molecule has 2 heterocycles. The van der Waals surface area contributed by atoms with Gasteiger partial charge in [0.1, 0.15) is 5.02 Å². The number of ether oxygens (including phenoxy) is 4. The molecular weight excluding hydrogens is 420 g/mol. The Labute approximate surface area is 187 Å². The molecule has 0 radical (unpaired) electrons. The van der Waals surface area contributed by atoms with Gasteiger partial charge >= 0.3 is 0 Å². The first-order valence-corrected chi connectivity index (χ1v) is 10.8. The molecule has 0 bridgehead atoms. The molecule has 3 unspecified atom stereocenters. The number of nitrogens with zero attached hydrogens (tertiary/aromatic N) is 2. The summed E-state index contributed by atoms with van der Waals surface area (Å²) in [6.45, 7) is 2.46. The van der Waals surface area contributed by atoms with Gasteiger partial charge in [0.25, 0.3) is 0 Å². The van der Waals surface area contributed by atoms with Gasteiger partial charge in [0, 0.05) is 23.1 Å². The summed E-state index contributed by atoms with van der Waals surface area (Å²) in [5, 5.41) is 10.7. The van der Waals surface area contributed by atoms with Crippen LogP contribution in [0.15, 0.2) is 23.2 Å². The Hall–Kier alpha value is -2.51. The molecule has 0 spiro atoms. The van der Waals surface area contributed by atoms with Gasteiger partial charge in [0.05, 0.1) is 45.8 Å². The highest BCUT2D eigenvalue weighted by molar-refractivity contribution is 6.37. The number of aliphatic imine (C=N–C) groups is 1. The van der Waals surface area contributed by atoms with Crippen molar-refractivity contribution in [3.8, 4) is 23.3 Å². The molecule has 1 aromatic heterocycles. The summed E-state index contributed by atoms with van der Waals surface area (Å²) < 4.78 is 22.2. The molecule has 0 amide bonds. The molecule has 2 aliphatic rings. The third-order valence-electron chi connectivity index (χ3n) is 5.93. The Morgan fingerprint density at radius 3 is 2.52 bits per heavy atom. The van der Waals surface area contributed by atoms with Crippen LogP contribution in [-0.2, 0) is 0 Å². The highest BCUT2D eigenvalue weighted by Gasteiger charge is 2.38. The second-order valence-electron chi connectivity index (χ2n) is 7.68. The van der Waals surface area contributed by atoms with E-state index in [4.69, 9.17) is 35.5 Å². The van der Waals surface area contributed by atoms with Crippen LogP contribution in [0.2, 0.25) is 5.02 Å². The van der Waals surface area contributed by atoms with Gasteiger partial charge in [-0.25, -0.2) is 0 Å². The number of halogens is 1. The molecule has 1 aliphatic carbocycles. The first-order valence-electron chi connectivity index (χ1n) is 10.4. The van der Waals surface area contributed by atoms with Crippen LogP contribution in [0.25, 0.3) is 0 Å². The monoisotopic (exact) mass is 446 g/mol. The van der Waals surface area contributed by atoms with Crippen LogP contribution in [0, 0.1) is 0 Å². The molecule has 1 saturated carbocycles. The van der Waals surface area contributed by atoms with E-state index < -0.39 is 0 Å². The molecule has 1 aliphatic heterocycles. The largest absolute Gasteiger partial charge is 0.493 e. The minimum absolute atomic E-state index is 0.0370. The Bertz CT molecular complexity index is 1010. The van der Waals surface area contributed by atoms with E-state index in [-0.39, 0.29) is 23.9 Å². The van der Waals surface area contributed by atoms with Gasteiger partial charge in [0.15, 0.2) is 11.5 Å². The third-order valence-corrected chi connectivity index (χ3v) is 6.30. The second kappa shape index (κ2) is 8.93. The number of fused-ring (bicyclic) bond motifs is 3. The zero-order valence-corrected chi connectivity index (χ0v) is 18.9. The first-order chi connectivity index (χ1) is 15.0. The Morgan fingerprint density at radius 2 is 1.84 bits per heavy atom. The zero-order valence-electron chi connectivity index (χ0n) is 18.1. The molecule has 31 heavy (non-hydrogen) atoms. The van der Waals surface area contributed by atoms with Crippen LogP contribution in [0.4, 0.5) is 0 Å². The van der Waals surface area contributed by atoms with E-state index in [0.717, 1.165) is 29.7 Å². The lowest BCUT2D eigenvalue weighted by Gasteiger charge is -2.37. The molecular formula is C23H27ClN2O5. The van der Waals surface area contributed by atoms with Crippen molar-refractivity contribution in [2.24, 2.45) is 4.99 Å². The Balaban J connectivity index is 1.95. The fourth-order valence-corrected chi connectivity index (χ4v) is 4.75. The summed E-state index contributed by atoms with van der Waals surface area (Å²) in [7, 11) is 4.68. The predicted molar refractivity (Wildman–Crippen MR) is 119 cm³/mol. The maximum atomic E-state index is 10.3. The number of rotatable bonds is 6. The van der Waals surface area contributed by atoms with Crippen LogP contribution in [0.5, 0.6) is 23.3 Å². The van der Waals surface area contributed by atoms with E-state index in [2.05, 4.69) is 4.98 Å². The fourth-order valence-electron chi connectivity index (χ4n) is 4.48. The lowest BCUT2D eigenvalue weighted by Crippen LogP contribution is -2.34. The van der Waals surface area contributed by atoms with Crippen LogP contribution in [0.3, 0.4) is 0 Å². The number of hydrogen-bond donors (Lipinski definition) is 1. The van der Waals surface area contributed by atoms with Crippen molar-refractivity contribution < 1.29 is 24.1 Å². The second-order valence-corrected chi connectivity index (χ2v) is 8.06. The van der Waals surface area contributed by atoms with Crippen LogP contribution >= 0.6 is 11.6 Å². The van der Waals surface area contributed by atoms with Crippen molar-refractivity contribution in [3.63, 3.8) is 0 Å². The van der Waals surface area contributed by atoms with Gasteiger partial charge in [-0.2, -0.15) is 4.98 Å². The molecule has 0 saturated heterocycles. The first kappa shape index (κ1) is 21.7. The fraction of sp³-hybridized carbons (Fsp3) is 0.478. The summed E-state index contributed by atoms with van der Waals surface area (Å²) >= 11 is 6.67. The van der Waals surface area contributed by atoms with Crippen molar-refractivity contribution in [2.45, 2.75) is 44.2 Å². The maximum Gasteiger partial charge on any atom is 0.236 e. The Morgan fingerprint density at radius 1 is 1.03 bits per heavy atom. The molecule has 166 valence electrons. The van der Waals surface area contributed by atoms with Crippen molar-refractivity contribution in [3.05, 3.63) is 39.9 Å². The predicted octanol–water partition coefficient (Wildman–Crippen LogP) is 4.01. The van der Waals surface area contributed by atoms with E-state index >= 15 is 0 Å². The van der Waals surface area contributed by atoms with E-state index in [1.807, 2.05) is 19.1 Å². The smallest absolute Gasteiger partial charge is 0.236 e. The summed E-state index contributed by atoms with van der Waals surface area (Å²) in [6.07, 6.45) is 1.83. The number of benzene rings is 1.